The summed E-state index contributed by atoms with van der Waals surface area (Å²) in [5.41, 5.74) is 1.01. The average molecular weight is 379 g/mol. The maximum atomic E-state index is 11.8. The number of ether oxygens (including phenoxy) is 1. The Bertz CT molecular complexity index is 803. The number of aryl methyl sites for hydroxylation is 1. The zero-order chi connectivity index (χ0) is 18.6. The Morgan fingerprint density at radius 1 is 1.31 bits per heavy atom. The molecular formula is C19H25NO5S. The van der Waals surface area contributed by atoms with Gasteiger partial charge in [0.05, 0.1) is 24.3 Å². The second-order valence-corrected chi connectivity index (χ2v) is 9.02. The highest BCUT2D eigenvalue weighted by Crippen LogP contribution is 2.21. The van der Waals surface area contributed by atoms with Crippen LogP contribution in [0.2, 0.25) is 0 Å². The van der Waals surface area contributed by atoms with Crippen LogP contribution < -0.4 is 4.74 Å². The first kappa shape index (κ1) is 18.9. The fraction of sp³-hybridized carbons (Fsp3) is 0.474. The van der Waals surface area contributed by atoms with E-state index in [0.29, 0.717) is 19.5 Å². The predicted molar refractivity (Wildman–Crippen MR) is 98.9 cm³/mol. The standard InChI is InChI=1S/C19H25NO5S/c1-15-5-2-3-7-19(15)25-13-17(21)11-20(12-18-6-4-9-24-18)16-8-10-26(22,23)14-16/h2-7,9,16-17,21H,8,10-14H2,1H3. The van der Waals surface area contributed by atoms with E-state index in [2.05, 4.69) is 0 Å². The van der Waals surface area contributed by atoms with Crippen LogP contribution in [0, 0.1) is 6.92 Å². The summed E-state index contributed by atoms with van der Waals surface area (Å²) >= 11 is 0. The highest BCUT2D eigenvalue weighted by molar-refractivity contribution is 7.91. The van der Waals surface area contributed by atoms with Crippen molar-refractivity contribution in [1.29, 1.82) is 0 Å². The third kappa shape index (κ3) is 5.09. The summed E-state index contributed by atoms with van der Waals surface area (Å²) in [6, 6.07) is 11.2. The van der Waals surface area contributed by atoms with Crippen LogP contribution in [0.15, 0.2) is 47.1 Å². The van der Waals surface area contributed by atoms with Crippen LogP contribution in [0.5, 0.6) is 5.75 Å². The molecule has 1 aliphatic rings. The number of hydrogen-bond acceptors (Lipinski definition) is 6. The van der Waals surface area contributed by atoms with Gasteiger partial charge in [-0.25, -0.2) is 8.42 Å². The summed E-state index contributed by atoms with van der Waals surface area (Å²) in [5.74, 6) is 1.81. The zero-order valence-corrected chi connectivity index (χ0v) is 15.7. The van der Waals surface area contributed by atoms with Crippen molar-refractivity contribution in [2.24, 2.45) is 0 Å². The normalized spacial score (nSPS) is 20.3. The van der Waals surface area contributed by atoms with Crippen molar-refractivity contribution in [3.8, 4) is 5.75 Å². The van der Waals surface area contributed by atoms with Crippen molar-refractivity contribution < 1.29 is 22.7 Å². The monoisotopic (exact) mass is 379 g/mol. The number of furan rings is 1. The molecule has 2 aromatic rings. The topological polar surface area (TPSA) is 80.0 Å². The van der Waals surface area contributed by atoms with E-state index in [1.807, 2.05) is 42.2 Å². The molecule has 1 saturated heterocycles. The van der Waals surface area contributed by atoms with Gasteiger partial charge in [-0.2, -0.15) is 0 Å². The number of rotatable bonds is 8. The lowest BCUT2D eigenvalue weighted by Gasteiger charge is -2.29. The van der Waals surface area contributed by atoms with Crippen molar-refractivity contribution in [1.82, 2.24) is 4.90 Å². The molecule has 142 valence electrons. The third-order valence-electron chi connectivity index (χ3n) is 4.63. The molecule has 1 aromatic carbocycles. The van der Waals surface area contributed by atoms with Crippen LogP contribution in [-0.4, -0.2) is 55.2 Å². The van der Waals surface area contributed by atoms with E-state index < -0.39 is 15.9 Å². The van der Waals surface area contributed by atoms with Crippen molar-refractivity contribution >= 4 is 9.84 Å². The van der Waals surface area contributed by atoms with E-state index in [1.165, 1.54) is 0 Å². The minimum Gasteiger partial charge on any atom is -0.491 e. The lowest BCUT2D eigenvalue weighted by atomic mass is 10.2. The van der Waals surface area contributed by atoms with Crippen molar-refractivity contribution in [3.63, 3.8) is 0 Å². The Balaban J connectivity index is 1.62. The lowest BCUT2D eigenvalue weighted by Crippen LogP contribution is -2.42. The summed E-state index contributed by atoms with van der Waals surface area (Å²) in [6.07, 6.45) is 1.44. The van der Waals surface area contributed by atoms with Crippen LogP contribution in [0.1, 0.15) is 17.7 Å². The summed E-state index contributed by atoms with van der Waals surface area (Å²) in [5, 5.41) is 10.4. The first-order chi connectivity index (χ1) is 12.4. The Morgan fingerprint density at radius 3 is 2.77 bits per heavy atom. The number of aliphatic hydroxyl groups excluding tert-OH is 1. The average Bonchev–Trinajstić information content (AvgIpc) is 3.23. The Labute approximate surface area is 154 Å². The van der Waals surface area contributed by atoms with Gasteiger partial charge in [-0.05, 0) is 37.1 Å². The van der Waals surface area contributed by atoms with E-state index in [1.54, 1.807) is 12.3 Å². The minimum absolute atomic E-state index is 0.113. The molecule has 1 aliphatic heterocycles. The van der Waals surface area contributed by atoms with Crippen molar-refractivity contribution in [2.75, 3.05) is 24.7 Å². The Kier molecular flexibility index (Phi) is 6.01. The number of hydrogen-bond donors (Lipinski definition) is 1. The first-order valence-electron chi connectivity index (χ1n) is 8.76. The van der Waals surface area contributed by atoms with Gasteiger partial charge in [0.25, 0.3) is 0 Å². The molecule has 0 saturated carbocycles. The molecule has 1 N–H and O–H groups in total. The highest BCUT2D eigenvalue weighted by Gasteiger charge is 2.33. The van der Waals surface area contributed by atoms with Gasteiger partial charge in [0.15, 0.2) is 9.84 Å². The smallest absolute Gasteiger partial charge is 0.151 e. The van der Waals surface area contributed by atoms with Gasteiger partial charge in [0.2, 0.25) is 0 Å². The lowest BCUT2D eigenvalue weighted by molar-refractivity contribution is 0.0495. The van der Waals surface area contributed by atoms with Crippen LogP contribution in [0.3, 0.4) is 0 Å². The molecule has 0 aliphatic carbocycles. The van der Waals surface area contributed by atoms with Crippen LogP contribution in [0.25, 0.3) is 0 Å². The molecule has 2 atom stereocenters. The molecule has 0 spiro atoms. The molecule has 26 heavy (non-hydrogen) atoms. The number of para-hydroxylation sites is 1. The van der Waals surface area contributed by atoms with Gasteiger partial charge in [-0.15, -0.1) is 0 Å². The van der Waals surface area contributed by atoms with Crippen LogP contribution in [0.4, 0.5) is 0 Å². The summed E-state index contributed by atoms with van der Waals surface area (Å²) < 4.78 is 34.8. The summed E-state index contributed by atoms with van der Waals surface area (Å²) in [4.78, 5) is 1.98. The van der Waals surface area contributed by atoms with Gasteiger partial charge in [0, 0.05) is 12.6 Å². The van der Waals surface area contributed by atoms with E-state index in [9.17, 15) is 13.5 Å². The molecule has 0 bridgehead atoms. The van der Waals surface area contributed by atoms with Gasteiger partial charge in [-0.1, -0.05) is 18.2 Å². The Hall–Kier alpha value is -1.83. The van der Waals surface area contributed by atoms with Gasteiger partial charge in [-0.3, -0.25) is 4.90 Å². The van der Waals surface area contributed by atoms with Crippen molar-refractivity contribution in [2.45, 2.75) is 32.0 Å². The second kappa shape index (κ2) is 8.24. The molecule has 7 heteroatoms. The largest absolute Gasteiger partial charge is 0.491 e. The van der Waals surface area contributed by atoms with Crippen LogP contribution >= 0.6 is 0 Å². The maximum Gasteiger partial charge on any atom is 0.151 e. The van der Waals surface area contributed by atoms with Crippen LogP contribution in [-0.2, 0) is 16.4 Å². The SMILES string of the molecule is Cc1ccccc1OCC(O)CN(Cc1ccco1)C1CCS(=O)(=O)C1. The van der Waals surface area contributed by atoms with Gasteiger partial charge in [0.1, 0.15) is 24.2 Å². The molecule has 0 amide bonds. The predicted octanol–water partition coefficient (Wildman–Crippen LogP) is 2.02. The molecule has 0 radical (unpaired) electrons. The highest BCUT2D eigenvalue weighted by atomic mass is 32.2. The maximum absolute atomic E-state index is 11.8. The van der Waals surface area contributed by atoms with Crippen molar-refractivity contribution in [3.05, 3.63) is 54.0 Å². The van der Waals surface area contributed by atoms with Gasteiger partial charge >= 0.3 is 0 Å². The number of sulfone groups is 1. The molecule has 3 rings (SSSR count). The number of benzene rings is 1. The van der Waals surface area contributed by atoms with Gasteiger partial charge < -0.3 is 14.3 Å². The first-order valence-corrected chi connectivity index (χ1v) is 10.6. The second-order valence-electron chi connectivity index (χ2n) is 6.80. The fourth-order valence-corrected chi connectivity index (χ4v) is 5.00. The molecule has 1 fully saturated rings. The quantitative estimate of drug-likeness (QED) is 0.756. The molecule has 2 heterocycles. The summed E-state index contributed by atoms with van der Waals surface area (Å²) in [6.45, 7) is 2.90. The van der Waals surface area contributed by atoms with E-state index in [-0.39, 0.29) is 24.2 Å². The minimum atomic E-state index is -3.00. The molecule has 2 unspecified atom stereocenters. The number of nitrogens with zero attached hydrogens (tertiary/aromatic N) is 1. The summed E-state index contributed by atoms with van der Waals surface area (Å²) in [7, 11) is -3.00. The van der Waals surface area contributed by atoms with E-state index in [4.69, 9.17) is 9.15 Å². The molecule has 1 aromatic heterocycles. The third-order valence-corrected chi connectivity index (χ3v) is 6.38. The fourth-order valence-electron chi connectivity index (χ4n) is 3.24. The Morgan fingerprint density at radius 2 is 2.12 bits per heavy atom. The molecular weight excluding hydrogens is 354 g/mol. The van der Waals surface area contributed by atoms with E-state index in [0.717, 1.165) is 17.1 Å². The van der Waals surface area contributed by atoms with E-state index >= 15 is 0 Å². The number of aliphatic hydroxyl groups is 1. The zero-order valence-electron chi connectivity index (χ0n) is 14.9. The molecule has 6 nitrogen and oxygen atoms in total.